The van der Waals surface area contributed by atoms with Gasteiger partial charge in [0.15, 0.2) is 0 Å². The molecule has 0 aliphatic carbocycles. The number of nitrogens with zero attached hydrogens (tertiary/aromatic N) is 2. The van der Waals surface area contributed by atoms with Crippen molar-refractivity contribution in [3.05, 3.63) is 36.0 Å². The van der Waals surface area contributed by atoms with Gasteiger partial charge in [-0.15, -0.1) is 0 Å². The minimum Gasteiger partial charge on any atom is -0.308 e. The third-order valence-corrected chi connectivity index (χ3v) is 5.50. The summed E-state index contributed by atoms with van der Waals surface area (Å²) in [7, 11) is -2.81. The van der Waals surface area contributed by atoms with Crippen molar-refractivity contribution >= 4 is 9.84 Å². The Bertz CT molecular complexity index is 683. The molecule has 1 aromatic carbocycles. The molecule has 1 aromatic heterocycles. The summed E-state index contributed by atoms with van der Waals surface area (Å²) in [5.74, 6) is 0.546. The van der Waals surface area contributed by atoms with Crippen LogP contribution in [0.2, 0.25) is 0 Å². The lowest BCUT2D eigenvalue weighted by atomic mass is 10.1. The van der Waals surface area contributed by atoms with Crippen molar-refractivity contribution in [1.29, 1.82) is 0 Å². The minimum atomic E-state index is -2.81. The molecule has 0 saturated carbocycles. The van der Waals surface area contributed by atoms with E-state index in [-0.39, 0.29) is 17.5 Å². The predicted octanol–water partition coefficient (Wildman–Crippen LogP) is 1.14. The largest absolute Gasteiger partial charge is 0.308 e. The monoisotopic (exact) mass is 306 g/mol. The van der Waals surface area contributed by atoms with Gasteiger partial charge in [0, 0.05) is 18.2 Å². The van der Waals surface area contributed by atoms with E-state index < -0.39 is 9.84 Å². The van der Waals surface area contributed by atoms with Crippen LogP contribution in [0, 0.1) is 0 Å². The molecule has 0 spiro atoms. The Balaban J connectivity index is 1.63. The maximum absolute atomic E-state index is 11.4. The zero-order valence-electron chi connectivity index (χ0n) is 11.6. The minimum absolute atomic E-state index is 0.230. The zero-order valence-corrected chi connectivity index (χ0v) is 12.4. The first kappa shape index (κ1) is 14.2. The first-order chi connectivity index (χ1) is 10.1. The number of hydrogen-bond donors (Lipinski definition) is 2. The topological polar surface area (TPSA) is 87.7 Å². The Kier molecular flexibility index (Phi) is 4.03. The van der Waals surface area contributed by atoms with E-state index >= 15 is 0 Å². The Labute approximate surface area is 123 Å². The fourth-order valence-corrected chi connectivity index (χ4v) is 4.03. The second kappa shape index (κ2) is 5.95. The van der Waals surface area contributed by atoms with E-state index in [9.17, 15) is 8.42 Å². The summed E-state index contributed by atoms with van der Waals surface area (Å²) in [4.78, 5) is 0. The van der Waals surface area contributed by atoms with Crippen molar-refractivity contribution in [1.82, 2.24) is 20.7 Å². The molecule has 0 radical (unpaired) electrons. The quantitative estimate of drug-likeness (QED) is 0.884. The van der Waals surface area contributed by atoms with E-state index in [1.807, 2.05) is 30.3 Å². The number of H-pyrrole nitrogens is 1. The highest BCUT2D eigenvalue weighted by Gasteiger charge is 2.23. The highest BCUT2D eigenvalue weighted by Crippen LogP contribution is 2.19. The molecular formula is C14H18N4O2S. The second-order valence-electron chi connectivity index (χ2n) is 5.29. The summed E-state index contributed by atoms with van der Waals surface area (Å²) in [5.41, 5.74) is 2.72. The highest BCUT2D eigenvalue weighted by atomic mass is 32.2. The summed E-state index contributed by atoms with van der Waals surface area (Å²) in [6.45, 7) is 0.589. The zero-order chi connectivity index (χ0) is 14.7. The molecule has 112 valence electrons. The van der Waals surface area contributed by atoms with Crippen LogP contribution in [0.5, 0.6) is 0 Å². The molecular weight excluding hydrogens is 288 g/mol. The standard InChI is InChI=1S/C14H18N4O2S/c19-21(20)8-6-12(7-9-21)15-10-13-14(17-18-16-13)11-4-2-1-3-5-11/h1-5,12,15H,6-10H2,(H,16,17,18). The van der Waals surface area contributed by atoms with Crippen molar-refractivity contribution < 1.29 is 8.42 Å². The van der Waals surface area contributed by atoms with Gasteiger partial charge in [-0.05, 0) is 12.8 Å². The van der Waals surface area contributed by atoms with Crippen LogP contribution in [0.15, 0.2) is 30.3 Å². The number of hydrogen-bond acceptors (Lipinski definition) is 5. The van der Waals surface area contributed by atoms with Crippen LogP contribution in [-0.4, -0.2) is 41.4 Å². The molecule has 2 heterocycles. The van der Waals surface area contributed by atoms with Gasteiger partial charge in [0.2, 0.25) is 0 Å². The van der Waals surface area contributed by atoms with E-state index in [0.717, 1.165) is 17.0 Å². The molecule has 0 bridgehead atoms. The molecule has 21 heavy (non-hydrogen) atoms. The lowest BCUT2D eigenvalue weighted by Gasteiger charge is -2.22. The summed E-state index contributed by atoms with van der Waals surface area (Å²) in [6.07, 6.45) is 1.34. The summed E-state index contributed by atoms with van der Waals surface area (Å²) < 4.78 is 22.8. The highest BCUT2D eigenvalue weighted by molar-refractivity contribution is 7.91. The number of rotatable bonds is 4. The van der Waals surface area contributed by atoms with Crippen LogP contribution >= 0.6 is 0 Å². The van der Waals surface area contributed by atoms with E-state index in [2.05, 4.69) is 20.7 Å². The molecule has 6 nitrogen and oxygen atoms in total. The summed E-state index contributed by atoms with van der Waals surface area (Å²) in [6, 6.07) is 10.1. The normalized spacial score (nSPS) is 18.7. The second-order valence-corrected chi connectivity index (χ2v) is 7.60. The fourth-order valence-electron chi connectivity index (χ4n) is 2.54. The van der Waals surface area contributed by atoms with Crippen molar-refractivity contribution in [2.24, 2.45) is 0 Å². The first-order valence-corrected chi connectivity index (χ1v) is 8.85. The van der Waals surface area contributed by atoms with Gasteiger partial charge in [-0.3, -0.25) is 0 Å². The maximum Gasteiger partial charge on any atom is 0.150 e. The number of benzene rings is 1. The molecule has 2 aromatic rings. The van der Waals surface area contributed by atoms with E-state index in [1.54, 1.807) is 0 Å². The van der Waals surface area contributed by atoms with Gasteiger partial charge in [-0.25, -0.2) is 8.42 Å². The van der Waals surface area contributed by atoms with E-state index in [1.165, 1.54) is 0 Å². The molecule has 2 N–H and O–H groups in total. The van der Waals surface area contributed by atoms with Crippen LogP contribution in [0.3, 0.4) is 0 Å². The Morgan fingerprint density at radius 1 is 1.14 bits per heavy atom. The number of aromatic nitrogens is 3. The van der Waals surface area contributed by atoms with Gasteiger partial charge >= 0.3 is 0 Å². The molecule has 1 aliphatic rings. The average molecular weight is 306 g/mol. The lowest BCUT2D eigenvalue weighted by molar-refractivity contribution is 0.460. The first-order valence-electron chi connectivity index (χ1n) is 7.03. The molecule has 0 atom stereocenters. The number of sulfone groups is 1. The smallest absolute Gasteiger partial charge is 0.150 e. The van der Waals surface area contributed by atoms with Gasteiger partial charge in [-0.1, -0.05) is 30.3 Å². The van der Waals surface area contributed by atoms with Crippen molar-refractivity contribution in [2.75, 3.05) is 11.5 Å². The van der Waals surface area contributed by atoms with Crippen LogP contribution in [0.4, 0.5) is 0 Å². The fraction of sp³-hybridized carbons (Fsp3) is 0.429. The lowest BCUT2D eigenvalue weighted by Crippen LogP contribution is -2.37. The molecule has 1 aliphatic heterocycles. The molecule has 0 unspecified atom stereocenters. The van der Waals surface area contributed by atoms with Gasteiger partial charge in [0.25, 0.3) is 0 Å². The molecule has 0 amide bonds. The Morgan fingerprint density at radius 3 is 2.57 bits per heavy atom. The predicted molar refractivity (Wildman–Crippen MR) is 80.3 cm³/mol. The summed E-state index contributed by atoms with van der Waals surface area (Å²) in [5, 5.41) is 14.4. The third kappa shape index (κ3) is 3.48. The Morgan fingerprint density at radius 2 is 1.86 bits per heavy atom. The van der Waals surface area contributed by atoms with Crippen LogP contribution in [0.1, 0.15) is 18.5 Å². The Hall–Kier alpha value is -1.73. The number of nitrogens with one attached hydrogen (secondary N) is 2. The van der Waals surface area contributed by atoms with E-state index in [0.29, 0.717) is 19.4 Å². The van der Waals surface area contributed by atoms with E-state index in [4.69, 9.17) is 0 Å². The maximum atomic E-state index is 11.4. The van der Waals surface area contributed by atoms with Crippen LogP contribution in [-0.2, 0) is 16.4 Å². The van der Waals surface area contributed by atoms with Gasteiger partial charge in [0.1, 0.15) is 21.2 Å². The van der Waals surface area contributed by atoms with Gasteiger partial charge in [0.05, 0.1) is 11.5 Å². The van der Waals surface area contributed by atoms with Crippen LogP contribution < -0.4 is 5.32 Å². The SMILES string of the molecule is O=S1(=O)CCC(NCc2n[nH]nc2-c2ccccc2)CC1. The molecule has 3 rings (SSSR count). The van der Waals surface area contributed by atoms with Crippen molar-refractivity contribution in [2.45, 2.75) is 25.4 Å². The van der Waals surface area contributed by atoms with Crippen LogP contribution in [0.25, 0.3) is 11.3 Å². The van der Waals surface area contributed by atoms with Gasteiger partial charge in [-0.2, -0.15) is 15.4 Å². The van der Waals surface area contributed by atoms with Crippen molar-refractivity contribution in [3.63, 3.8) is 0 Å². The molecule has 7 heteroatoms. The molecule has 1 saturated heterocycles. The average Bonchev–Trinajstić information content (AvgIpc) is 2.95. The van der Waals surface area contributed by atoms with Crippen molar-refractivity contribution in [3.8, 4) is 11.3 Å². The summed E-state index contributed by atoms with van der Waals surface area (Å²) >= 11 is 0. The van der Waals surface area contributed by atoms with Gasteiger partial charge < -0.3 is 5.32 Å². The molecule has 1 fully saturated rings. The third-order valence-electron chi connectivity index (χ3n) is 3.78. The number of aromatic amines is 1.